The third-order valence-electron chi connectivity index (χ3n) is 3.80. The maximum Gasteiger partial charge on any atom is 0.326 e. The molecule has 0 saturated carbocycles. The summed E-state index contributed by atoms with van der Waals surface area (Å²) in [6, 6.07) is -2.74. The molecule has 4 atom stereocenters. The molecule has 1 heterocycles. The Morgan fingerprint density at radius 1 is 1.29 bits per heavy atom. The van der Waals surface area contributed by atoms with Crippen molar-refractivity contribution in [3.63, 3.8) is 0 Å². The second-order valence-electron chi connectivity index (χ2n) is 5.84. The van der Waals surface area contributed by atoms with Crippen LogP contribution in [0.25, 0.3) is 0 Å². The lowest BCUT2D eigenvalue weighted by Crippen LogP contribution is -2.56. The molecule has 134 valence electrons. The van der Waals surface area contributed by atoms with Crippen molar-refractivity contribution in [2.75, 3.05) is 0 Å². The molecule has 1 rings (SSSR count). The summed E-state index contributed by atoms with van der Waals surface area (Å²) in [7, 11) is 0. The van der Waals surface area contributed by atoms with E-state index in [4.69, 9.17) is 5.73 Å². The Morgan fingerprint density at radius 2 is 1.96 bits per heavy atom. The summed E-state index contributed by atoms with van der Waals surface area (Å²) < 4.78 is 0. The first-order valence-corrected chi connectivity index (χ1v) is 7.82. The van der Waals surface area contributed by atoms with Crippen LogP contribution < -0.4 is 16.4 Å². The number of hydrogen-bond acceptors (Lipinski definition) is 5. The van der Waals surface area contributed by atoms with Gasteiger partial charge in [-0.2, -0.15) is 0 Å². The van der Waals surface area contributed by atoms with E-state index < -0.39 is 35.9 Å². The highest BCUT2D eigenvalue weighted by Crippen LogP contribution is 2.09. The van der Waals surface area contributed by atoms with Gasteiger partial charge in [-0.1, -0.05) is 20.3 Å². The van der Waals surface area contributed by atoms with E-state index in [0.29, 0.717) is 12.1 Å². The molecule has 9 nitrogen and oxygen atoms in total. The number of aromatic nitrogens is 2. The fourth-order valence-corrected chi connectivity index (χ4v) is 2.06. The van der Waals surface area contributed by atoms with E-state index in [0.717, 1.165) is 0 Å². The van der Waals surface area contributed by atoms with Crippen LogP contribution in [0.5, 0.6) is 0 Å². The summed E-state index contributed by atoms with van der Waals surface area (Å²) in [4.78, 5) is 42.3. The highest BCUT2D eigenvalue weighted by molar-refractivity contribution is 5.91. The molecule has 0 saturated heterocycles. The van der Waals surface area contributed by atoms with Gasteiger partial charge in [0, 0.05) is 18.3 Å². The lowest BCUT2D eigenvalue weighted by molar-refractivity contribution is -0.142. The van der Waals surface area contributed by atoms with Crippen molar-refractivity contribution in [3.05, 3.63) is 18.2 Å². The molecule has 0 radical (unpaired) electrons. The Bertz CT molecular complexity index is 558. The summed E-state index contributed by atoms with van der Waals surface area (Å²) in [6.07, 6.45) is 3.62. The monoisotopic (exact) mass is 339 g/mol. The number of H-pyrrole nitrogens is 1. The number of rotatable bonds is 9. The van der Waals surface area contributed by atoms with Gasteiger partial charge in [-0.3, -0.25) is 9.59 Å². The van der Waals surface area contributed by atoms with Crippen LogP contribution in [0.2, 0.25) is 0 Å². The number of carbonyl (C=O) groups excluding carboxylic acids is 2. The minimum Gasteiger partial charge on any atom is -0.480 e. The van der Waals surface area contributed by atoms with Crippen LogP contribution in [0.1, 0.15) is 32.9 Å². The van der Waals surface area contributed by atoms with Gasteiger partial charge in [0.1, 0.15) is 12.1 Å². The smallest absolute Gasteiger partial charge is 0.326 e. The van der Waals surface area contributed by atoms with Gasteiger partial charge in [0.15, 0.2) is 0 Å². The zero-order valence-corrected chi connectivity index (χ0v) is 14.1. The summed E-state index contributed by atoms with van der Waals surface area (Å²) >= 11 is 0. The minimum atomic E-state index is -1.17. The zero-order valence-electron chi connectivity index (χ0n) is 14.1. The number of aliphatic carboxylic acids is 1. The SMILES string of the molecule is CCC(C)C(NC(=O)C(C)N)C(=O)NC(Cc1cnc[nH]1)C(=O)O. The van der Waals surface area contributed by atoms with Crippen LogP contribution in [0.3, 0.4) is 0 Å². The molecule has 24 heavy (non-hydrogen) atoms. The van der Waals surface area contributed by atoms with Gasteiger partial charge in [-0.25, -0.2) is 9.78 Å². The first kappa shape index (κ1) is 19.6. The van der Waals surface area contributed by atoms with Gasteiger partial charge in [0.25, 0.3) is 0 Å². The molecule has 0 spiro atoms. The number of nitrogens with one attached hydrogen (secondary N) is 3. The van der Waals surface area contributed by atoms with Crippen LogP contribution in [0.4, 0.5) is 0 Å². The number of aromatic amines is 1. The number of imidazole rings is 1. The van der Waals surface area contributed by atoms with Crippen molar-refractivity contribution in [3.8, 4) is 0 Å². The number of carboxylic acid groups (broad SMARTS) is 1. The van der Waals surface area contributed by atoms with Crippen molar-refractivity contribution in [2.45, 2.75) is 51.7 Å². The molecule has 9 heteroatoms. The predicted octanol–water partition coefficient (Wildman–Crippen LogP) is -0.600. The van der Waals surface area contributed by atoms with Crippen LogP contribution in [-0.4, -0.2) is 51.0 Å². The van der Waals surface area contributed by atoms with Gasteiger partial charge in [0.2, 0.25) is 11.8 Å². The maximum absolute atomic E-state index is 12.5. The lowest BCUT2D eigenvalue weighted by Gasteiger charge is -2.26. The van der Waals surface area contributed by atoms with Crippen LogP contribution >= 0.6 is 0 Å². The highest BCUT2D eigenvalue weighted by Gasteiger charge is 2.30. The molecule has 6 N–H and O–H groups in total. The van der Waals surface area contributed by atoms with Gasteiger partial charge in [-0.05, 0) is 12.8 Å². The maximum atomic E-state index is 12.5. The molecule has 0 fully saturated rings. The van der Waals surface area contributed by atoms with Crippen LogP contribution in [0, 0.1) is 5.92 Å². The average Bonchev–Trinajstić information content (AvgIpc) is 3.03. The number of nitrogens with two attached hydrogens (primary N) is 1. The molecule has 4 unspecified atom stereocenters. The van der Waals surface area contributed by atoms with E-state index in [1.54, 1.807) is 6.92 Å². The largest absolute Gasteiger partial charge is 0.480 e. The molecular formula is C15H25N5O4. The first-order chi connectivity index (χ1) is 11.3. The predicted molar refractivity (Wildman–Crippen MR) is 86.9 cm³/mol. The lowest BCUT2D eigenvalue weighted by atomic mass is 9.97. The van der Waals surface area contributed by atoms with Crippen molar-refractivity contribution >= 4 is 17.8 Å². The second kappa shape index (κ2) is 9.02. The fourth-order valence-electron chi connectivity index (χ4n) is 2.06. The number of amides is 2. The summed E-state index contributed by atoms with van der Waals surface area (Å²) in [5.74, 6) is -2.35. The zero-order chi connectivity index (χ0) is 18.3. The Kier molecular flexibility index (Phi) is 7.37. The highest BCUT2D eigenvalue weighted by atomic mass is 16.4. The van der Waals surface area contributed by atoms with Crippen molar-refractivity contribution in [1.82, 2.24) is 20.6 Å². The van der Waals surface area contributed by atoms with Gasteiger partial charge in [0.05, 0.1) is 12.4 Å². The molecule has 0 aliphatic carbocycles. The van der Waals surface area contributed by atoms with E-state index in [1.807, 2.05) is 6.92 Å². The van der Waals surface area contributed by atoms with Crippen molar-refractivity contribution in [1.29, 1.82) is 0 Å². The third-order valence-corrected chi connectivity index (χ3v) is 3.80. The molecule has 0 aliphatic heterocycles. The van der Waals surface area contributed by atoms with Crippen molar-refractivity contribution < 1.29 is 19.5 Å². The van der Waals surface area contributed by atoms with Crippen LogP contribution in [0.15, 0.2) is 12.5 Å². The average molecular weight is 339 g/mol. The first-order valence-electron chi connectivity index (χ1n) is 7.82. The van der Waals surface area contributed by atoms with Gasteiger partial charge < -0.3 is 26.5 Å². The Labute approximate surface area is 140 Å². The van der Waals surface area contributed by atoms with E-state index >= 15 is 0 Å². The molecule has 1 aromatic heterocycles. The number of carbonyl (C=O) groups is 3. The molecule has 0 aromatic carbocycles. The van der Waals surface area contributed by atoms with E-state index in [2.05, 4.69) is 20.6 Å². The molecule has 2 amide bonds. The molecular weight excluding hydrogens is 314 g/mol. The summed E-state index contributed by atoms with van der Waals surface area (Å²) in [5, 5.41) is 14.4. The normalized spacial score (nSPS) is 15.8. The van der Waals surface area contributed by atoms with E-state index in [9.17, 15) is 19.5 Å². The Morgan fingerprint density at radius 3 is 2.42 bits per heavy atom. The standard InChI is InChI=1S/C15H25N5O4/c1-4-8(2)12(20-13(21)9(3)16)14(22)19-11(15(23)24)5-10-6-17-7-18-10/h6-9,11-12H,4-5,16H2,1-3H3,(H,17,18)(H,19,22)(H,20,21)(H,23,24). The minimum absolute atomic E-state index is 0.0650. The fraction of sp³-hybridized carbons (Fsp3) is 0.600. The molecule has 1 aromatic rings. The number of nitrogens with zero attached hydrogens (tertiary/aromatic N) is 1. The van der Waals surface area contributed by atoms with E-state index in [1.165, 1.54) is 19.4 Å². The quantitative estimate of drug-likeness (QED) is 0.405. The van der Waals surface area contributed by atoms with Gasteiger partial charge >= 0.3 is 5.97 Å². The molecule has 0 bridgehead atoms. The topological polar surface area (TPSA) is 150 Å². The summed E-state index contributed by atoms with van der Waals surface area (Å²) in [6.45, 7) is 5.19. The second-order valence-corrected chi connectivity index (χ2v) is 5.84. The van der Waals surface area contributed by atoms with Gasteiger partial charge in [-0.15, -0.1) is 0 Å². The van der Waals surface area contributed by atoms with Crippen molar-refractivity contribution in [2.24, 2.45) is 11.7 Å². The molecule has 0 aliphatic rings. The van der Waals surface area contributed by atoms with E-state index in [-0.39, 0.29) is 12.3 Å². The Balaban J connectivity index is 2.83. The Hall–Kier alpha value is -2.42. The number of hydrogen-bond donors (Lipinski definition) is 5. The summed E-state index contributed by atoms with van der Waals surface area (Å²) in [5.41, 5.74) is 6.10. The van der Waals surface area contributed by atoms with Crippen LogP contribution in [-0.2, 0) is 20.8 Å². The number of carboxylic acids is 1. The third kappa shape index (κ3) is 5.65.